The maximum absolute atomic E-state index is 5.70. The molecule has 0 bridgehead atoms. The second kappa shape index (κ2) is 6.01. The van der Waals surface area contributed by atoms with Crippen LogP contribution in [-0.4, -0.2) is 28.0 Å². The van der Waals surface area contributed by atoms with Gasteiger partial charge in [-0.3, -0.25) is 4.90 Å². The van der Waals surface area contributed by atoms with E-state index in [9.17, 15) is 0 Å². The number of hydrogen-bond acceptors (Lipinski definition) is 5. The van der Waals surface area contributed by atoms with Gasteiger partial charge in [0.2, 0.25) is 0 Å². The number of nitrogens with zero attached hydrogens (tertiary/aromatic N) is 3. The third-order valence-electron chi connectivity index (χ3n) is 4.35. The fraction of sp³-hybridized carbons (Fsp3) is 0.333. The van der Waals surface area contributed by atoms with Crippen LogP contribution in [0.15, 0.2) is 45.9 Å². The van der Waals surface area contributed by atoms with Crippen molar-refractivity contribution in [2.24, 2.45) is 0 Å². The van der Waals surface area contributed by atoms with Crippen molar-refractivity contribution in [3.8, 4) is 11.3 Å². The van der Waals surface area contributed by atoms with Gasteiger partial charge in [-0.2, -0.15) is 0 Å². The van der Waals surface area contributed by atoms with Gasteiger partial charge in [-0.25, -0.2) is 9.97 Å². The third-order valence-corrected chi connectivity index (χ3v) is 4.35. The van der Waals surface area contributed by atoms with Crippen LogP contribution in [0.25, 0.3) is 11.3 Å². The largest absolute Gasteiger partial charge is 0.472 e. The maximum Gasteiger partial charge on any atom is 0.118 e. The van der Waals surface area contributed by atoms with Gasteiger partial charge in [0, 0.05) is 36.3 Å². The predicted molar refractivity (Wildman–Crippen MR) is 85.9 cm³/mol. The molecule has 0 radical (unpaired) electrons. The van der Waals surface area contributed by atoms with Crippen LogP contribution in [0.5, 0.6) is 0 Å². The standard InChI is InChI=1S/C18H19N3O2/c1-13-2-3-15(23-13)10-21-7-4-16-17(5-8-21)19-12-20-18(16)14-6-9-22-11-14/h2-3,6,9,11-12H,4-5,7-8,10H2,1H3. The summed E-state index contributed by atoms with van der Waals surface area (Å²) in [5, 5.41) is 0. The van der Waals surface area contributed by atoms with Gasteiger partial charge in [0.05, 0.1) is 24.8 Å². The van der Waals surface area contributed by atoms with Crippen LogP contribution in [0.1, 0.15) is 22.8 Å². The Morgan fingerprint density at radius 2 is 2.04 bits per heavy atom. The molecule has 118 valence electrons. The fourth-order valence-electron chi connectivity index (χ4n) is 3.17. The summed E-state index contributed by atoms with van der Waals surface area (Å²) >= 11 is 0. The molecule has 0 aromatic carbocycles. The first-order valence-electron chi connectivity index (χ1n) is 7.92. The highest BCUT2D eigenvalue weighted by Crippen LogP contribution is 2.26. The lowest BCUT2D eigenvalue weighted by molar-refractivity contribution is 0.253. The molecule has 4 heterocycles. The average Bonchev–Trinajstić information content (AvgIpc) is 3.17. The van der Waals surface area contributed by atoms with Crippen molar-refractivity contribution in [2.75, 3.05) is 13.1 Å². The molecule has 3 aromatic heterocycles. The summed E-state index contributed by atoms with van der Waals surface area (Å²) in [6.45, 7) is 4.78. The van der Waals surface area contributed by atoms with E-state index in [2.05, 4.69) is 20.9 Å². The summed E-state index contributed by atoms with van der Waals surface area (Å²) in [6.07, 6.45) is 6.97. The van der Waals surface area contributed by atoms with Gasteiger partial charge in [-0.05, 0) is 31.5 Å². The van der Waals surface area contributed by atoms with Crippen molar-refractivity contribution in [1.82, 2.24) is 14.9 Å². The van der Waals surface area contributed by atoms with Gasteiger partial charge in [-0.15, -0.1) is 0 Å². The minimum Gasteiger partial charge on any atom is -0.472 e. The maximum atomic E-state index is 5.70. The molecule has 0 amide bonds. The van der Waals surface area contributed by atoms with E-state index in [1.165, 1.54) is 5.56 Å². The number of fused-ring (bicyclic) bond motifs is 1. The minimum atomic E-state index is 0.844. The Kier molecular flexibility index (Phi) is 3.71. The zero-order valence-corrected chi connectivity index (χ0v) is 13.2. The molecular formula is C18H19N3O2. The van der Waals surface area contributed by atoms with Crippen LogP contribution in [-0.2, 0) is 19.4 Å². The van der Waals surface area contributed by atoms with E-state index in [1.807, 2.05) is 19.1 Å². The van der Waals surface area contributed by atoms with Crippen LogP contribution in [0.2, 0.25) is 0 Å². The smallest absolute Gasteiger partial charge is 0.118 e. The van der Waals surface area contributed by atoms with E-state index in [-0.39, 0.29) is 0 Å². The number of aryl methyl sites for hydroxylation is 1. The summed E-state index contributed by atoms with van der Waals surface area (Å²) in [4.78, 5) is 11.4. The Bertz CT molecular complexity index is 792. The van der Waals surface area contributed by atoms with E-state index in [0.29, 0.717) is 0 Å². The Balaban J connectivity index is 1.56. The second-order valence-corrected chi connectivity index (χ2v) is 5.95. The first-order valence-corrected chi connectivity index (χ1v) is 7.92. The summed E-state index contributed by atoms with van der Waals surface area (Å²) < 4.78 is 10.9. The topological polar surface area (TPSA) is 55.3 Å². The summed E-state index contributed by atoms with van der Waals surface area (Å²) in [6, 6.07) is 6.03. The highest BCUT2D eigenvalue weighted by molar-refractivity contribution is 5.62. The van der Waals surface area contributed by atoms with E-state index in [0.717, 1.165) is 60.9 Å². The molecule has 0 fully saturated rings. The van der Waals surface area contributed by atoms with Crippen molar-refractivity contribution >= 4 is 0 Å². The van der Waals surface area contributed by atoms with Crippen LogP contribution >= 0.6 is 0 Å². The highest BCUT2D eigenvalue weighted by Gasteiger charge is 2.20. The molecule has 0 unspecified atom stereocenters. The SMILES string of the molecule is Cc1ccc(CN2CCc3ncnc(-c4ccoc4)c3CC2)o1. The predicted octanol–water partition coefficient (Wildman–Crippen LogP) is 3.24. The monoisotopic (exact) mass is 309 g/mol. The molecule has 4 rings (SSSR count). The van der Waals surface area contributed by atoms with Gasteiger partial charge >= 0.3 is 0 Å². The lowest BCUT2D eigenvalue weighted by atomic mass is 10.0. The van der Waals surface area contributed by atoms with Gasteiger partial charge < -0.3 is 8.83 Å². The Hall–Kier alpha value is -2.40. The molecule has 0 atom stereocenters. The highest BCUT2D eigenvalue weighted by atomic mass is 16.3. The molecular weight excluding hydrogens is 290 g/mol. The van der Waals surface area contributed by atoms with E-state index in [4.69, 9.17) is 8.83 Å². The summed E-state index contributed by atoms with van der Waals surface area (Å²) in [5.41, 5.74) is 4.42. The van der Waals surface area contributed by atoms with Gasteiger partial charge in [0.15, 0.2) is 0 Å². The van der Waals surface area contributed by atoms with Gasteiger partial charge in [0.25, 0.3) is 0 Å². The summed E-state index contributed by atoms with van der Waals surface area (Å²) in [7, 11) is 0. The molecule has 1 aliphatic rings. The number of aromatic nitrogens is 2. The molecule has 0 spiro atoms. The first kappa shape index (κ1) is 14.2. The number of furan rings is 2. The Labute approximate surface area is 135 Å². The van der Waals surface area contributed by atoms with Crippen LogP contribution in [0.4, 0.5) is 0 Å². The van der Waals surface area contributed by atoms with Crippen LogP contribution in [0.3, 0.4) is 0 Å². The molecule has 3 aromatic rings. The molecule has 0 aliphatic carbocycles. The molecule has 0 N–H and O–H groups in total. The third kappa shape index (κ3) is 2.92. The average molecular weight is 309 g/mol. The molecule has 5 heteroatoms. The van der Waals surface area contributed by atoms with Gasteiger partial charge in [0.1, 0.15) is 17.8 Å². The lowest BCUT2D eigenvalue weighted by Gasteiger charge is -2.17. The number of rotatable bonds is 3. The van der Waals surface area contributed by atoms with E-state index in [1.54, 1.807) is 18.9 Å². The lowest BCUT2D eigenvalue weighted by Crippen LogP contribution is -2.25. The van der Waals surface area contributed by atoms with Crippen molar-refractivity contribution in [1.29, 1.82) is 0 Å². The Morgan fingerprint density at radius 3 is 2.83 bits per heavy atom. The first-order chi connectivity index (χ1) is 11.3. The van der Waals surface area contributed by atoms with E-state index >= 15 is 0 Å². The van der Waals surface area contributed by atoms with Gasteiger partial charge in [-0.1, -0.05) is 0 Å². The quantitative estimate of drug-likeness (QED) is 0.743. The zero-order chi connectivity index (χ0) is 15.6. The normalized spacial score (nSPS) is 15.3. The molecule has 1 aliphatic heterocycles. The second-order valence-electron chi connectivity index (χ2n) is 5.95. The van der Waals surface area contributed by atoms with Crippen molar-refractivity contribution < 1.29 is 8.83 Å². The van der Waals surface area contributed by atoms with E-state index < -0.39 is 0 Å². The fourth-order valence-corrected chi connectivity index (χ4v) is 3.17. The van der Waals surface area contributed by atoms with Crippen LogP contribution < -0.4 is 0 Å². The molecule has 5 nitrogen and oxygen atoms in total. The van der Waals surface area contributed by atoms with Crippen molar-refractivity contribution in [2.45, 2.75) is 26.3 Å². The molecule has 0 saturated heterocycles. The van der Waals surface area contributed by atoms with Crippen molar-refractivity contribution in [3.05, 3.63) is 59.8 Å². The van der Waals surface area contributed by atoms with Crippen LogP contribution in [0, 0.1) is 6.92 Å². The minimum absolute atomic E-state index is 0.844. The Morgan fingerprint density at radius 1 is 1.13 bits per heavy atom. The molecule has 23 heavy (non-hydrogen) atoms. The molecule has 0 saturated carbocycles. The zero-order valence-electron chi connectivity index (χ0n) is 13.2. The summed E-state index contributed by atoms with van der Waals surface area (Å²) in [5.74, 6) is 1.99. The number of hydrogen-bond donors (Lipinski definition) is 0. The van der Waals surface area contributed by atoms with Crippen molar-refractivity contribution in [3.63, 3.8) is 0 Å².